The van der Waals surface area contributed by atoms with Crippen molar-refractivity contribution < 1.29 is 9.84 Å². The average Bonchev–Trinajstić information content (AvgIpc) is 2.38. The molecule has 0 atom stereocenters. The van der Waals surface area contributed by atoms with Gasteiger partial charge in [0.1, 0.15) is 0 Å². The summed E-state index contributed by atoms with van der Waals surface area (Å²) in [5.74, 6) is 0. The molecule has 0 aromatic heterocycles. The highest BCUT2D eigenvalue weighted by molar-refractivity contribution is 4.84. The molecule has 0 aliphatic heterocycles. The maximum atomic E-state index is 9.76. The van der Waals surface area contributed by atoms with Gasteiger partial charge in [0.15, 0.2) is 0 Å². The standard InChI is InChI=1S/C9H16O2/c1-2-7-11-8-9(10)5-3-4-6-9/h2,10H,1,3-8H2. The first-order valence-electron chi connectivity index (χ1n) is 4.18. The molecule has 0 radical (unpaired) electrons. The van der Waals surface area contributed by atoms with Crippen LogP contribution < -0.4 is 0 Å². The third-order valence-electron chi connectivity index (χ3n) is 2.14. The Balaban J connectivity index is 2.17. The minimum absolute atomic E-state index is 0.471. The Hall–Kier alpha value is -0.340. The first-order valence-corrected chi connectivity index (χ1v) is 4.18. The summed E-state index contributed by atoms with van der Waals surface area (Å²) < 4.78 is 5.20. The van der Waals surface area contributed by atoms with Crippen molar-refractivity contribution in [3.05, 3.63) is 12.7 Å². The van der Waals surface area contributed by atoms with Gasteiger partial charge < -0.3 is 9.84 Å². The highest BCUT2D eigenvalue weighted by atomic mass is 16.5. The molecule has 1 saturated carbocycles. The molecule has 1 rings (SSSR count). The fourth-order valence-corrected chi connectivity index (χ4v) is 1.51. The van der Waals surface area contributed by atoms with Crippen LogP contribution in [0.25, 0.3) is 0 Å². The summed E-state index contributed by atoms with van der Waals surface area (Å²) in [4.78, 5) is 0. The van der Waals surface area contributed by atoms with Crippen molar-refractivity contribution in [2.45, 2.75) is 31.3 Å². The predicted octanol–water partition coefficient (Wildman–Crippen LogP) is 1.49. The smallest absolute Gasteiger partial charge is 0.0880 e. The third kappa shape index (κ3) is 2.64. The SMILES string of the molecule is C=CCOCC1(O)CCCC1. The van der Waals surface area contributed by atoms with Crippen LogP contribution in [0.1, 0.15) is 25.7 Å². The molecule has 0 bridgehead atoms. The molecule has 0 aromatic rings. The van der Waals surface area contributed by atoms with Crippen molar-refractivity contribution in [1.29, 1.82) is 0 Å². The van der Waals surface area contributed by atoms with E-state index in [1.165, 1.54) is 0 Å². The Kier molecular flexibility index (Phi) is 3.09. The van der Waals surface area contributed by atoms with Crippen LogP contribution in [0.2, 0.25) is 0 Å². The summed E-state index contributed by atoms with van der Waals surface area (Å²) in [5.41, 5.74) is -0.525. The van der Waals surface area contributed by atoms with E-state index in [1.54, 1.807) is 6.08 Å². The van der Waals surface area contributed by atoms with Crippen LogP contribution in [0.5, 0.6) is 0 Å². The molecule has 0 unspecified atom stereocenters. The van der Waals surface area contributed by atoms with Gasteiger partial charge in [-0.3, -0.25) is 0 Å². The molecule has 0 heterocycles. The van der Waals surface area contributed by atoms with Crippen LogP contribution in [0.4, 0.5) is 0 Å². The van der Waals surface area contributed by atoms with Gasteiger partial charge in [-0.1, -0.05) is 18.9 Å². The number of aliphatic hydroxyl groups is 1. The van der Waals surface area contributed by atoms with Crippen LogP contribution in [-0.4, -0.2) is 23.9 Å². The second-order valence-corrected chi connectivity index (χ2v) is 3.24. The van der Waals surface area contributed by atoms with Gasteiger partial charge in [-0.25, -0.2) is 0 Å². The number of hydrogen-bond acceptors (Lipinski definition) is 2. The van der Waals surface area contributed by atoms with Gasteiger partial charge in [-0.15, -0.1) is 6.58 Å². The van der Waals surface area contributed by atoms with E-state index in [1.807, 2.05) is 0 Å². The zero-order valence-electron chi connectivity index (χ0n) is 6.88. The van der Waals surface area contributed by atoms with Gasteiger partial charge in [0, 0.05) is 0 Å². The Morgan fingerprint density at radius 3 is 2.64 bits per heavy atom. The van der Waals surface area contributed by atoms with Gasteiger partial charge in [0.05, 0.1) is 18.8 Å². The molecule has 0 amide bonds. The highest BCUT2D eigenvalue weighted by Gasteiger charge is 2.30. The van der Waals surface area contributed by atoms with Gasteiger partial charge in [-0.05, 0) is 12.8 Å². The Morgan fingerprint density at radius 1 is 1.45 bits per heavy atom. The van der Waals surface area contributed by atoms with Crippen molar-refractivity contribution in [3.63, 3.8) is 0 Å². The van der Waals surface area contributed by atoms with E-state index < -0.39 is 5.60 Å². The summed E-state index contributed by atoms with van der Waals surface area (Å²) >= 11 is 0. The average molecular weight is 156 g/mol. The molecule has 1 N–H and O–H groups in total. The first kappa shape index (κ1) is 8.75. The summed E-state index contributed by atoms with van der Waals surface area (Å²) in [6.45, 7) is 4.56. The largest absolute Gasteiger partial charge is 0.387 e. The Morgan fingerprint density at radius 2 is 2.09 bits per heavy atom. The lowest BCUT2D eigenvalue weighted by molar-refractivity contribution is -0.0342. The summed E-state index contributed by atoms with van der Waals surface area (Å²) in [6, 6.07) is 0. The first-order chi connectivity index (χ1) is 5.27. The van der Waals surface area contributed by atoms with E-state index in [4.69, 9.17) is 4.74 Å². The fourth-order valence-electron chi connectivity index (χ4n) is 1.51. The van der Waals surface area contributed by atoms with E-state index in [2.05, 4.69) is 6.58 Å². The second-order valence-electron chi connectivity index (χ2n) is 3.24. The van der Waals surface area contributed by atoms with E-state index >= 15 is 0 Å². The van der Waals surface area contributed by atoms with Crippen LogP contribution in [0.15, 0.2) is 12.7 Å². The lowest BCUT2D eigenvalue weighted by atomic mass is 10.0. The third-order valence-corrected chi connectivity index (χ3v) is 2.14. The maximum absolute atomic E-state index is 9.76. The van der Waals surface area contributed by atoms with E-state index in [-0.39, 0.29) is 0 Å². The fraction of sp³-hybridized carbons (Fsp3) is 0.778. The second kappa shape index (κ2) is 3.88. The molecular weight excluding hydrogens is 140 g/mol. The minimum Gasteiger partial charge on any atom is -0.387 e. The monoisotopic (exact) mass is 156 g/mol. The predicted molar refractivity (Wildman–Crippen MR) is 44.4 cm³/mol. The van der Waals surface area contributed by atoms with Gasteiger partial charge in [0.2, 0.25) is 0 Å². The van der Waals surface area contributed by atoms with E-state index in [0.29, 0.717) is 13.2 Å². The number of rotatable bonds is 4. The molecule has 2 nitrogen and oxygen atoms in total. The van der Waals surface area contributed by atoms with Gasteiger partial charge in [0.25, 0.3) is 0 Å². The van der Waals surface area contributed by atoms with Crippen LogP contribution in [0.3, 0.4) is 0 Å². The lowest BCUT2D eigenvalue weighted by Crippen LogP contribution is -2.30. The molecule has 1 aliphatic carbocycles. The molecule has 11 heavy (non-hydrogen) atoms. The van der Waals surface area contributed by atoms with Crippen molar-refractivity contribution in [3.8, 4) is 0 Å². The minimum atomic E-state index is -0.525. The number of hydrogen-bond donors (Lipinski definition) is 1. The maximum Gasteiger partial charge on any atom is 0.0880 e. The van der Waals surface area contributed by atoms with Crippen molar-refractivity contribution in [2.75, 3.05) is 13.2 Å². The van der Waals surface area contributed by atoms with Crippen molar-refractivity contribution in [2.24, 2.45) is 0 Å². The molecule has 0 saturated heterocycles. The molecule has 0 aromatic carbocycles. The molecule has 2 heteroatoms. The zero-order chi connectivity index (χ0) is 8.16. The molecule has 0 spiro atoms. The van der Waals surface area contributed by atoms with Crippen molar-refractivity contribution >= 4 is 0 Å². The van der Waals surface area contributed by atoms with E-state index in [0.717, 1.165) is 25.7 Å². The van der Waals surface area contributed by atoms with Crippen LogP contribution >= 0.6 is 0 Å². The van der Waals surface area contributed by atoms with Gasteiger partial charge >= 0.3 is 0 Å². The number of ether oxygens (including phenoxy) is 1. The van der Waals surface area contributed by atoms with Gasteiger partial charge in [-0.2, -0.15) is 0 Å². The van der Waals surface area contributed by atoms with Crippen LogP contribution in [-0.2, 0) is 4.74 Å². The topological polar surface area (TPSA) is 29.5 Å². The van der Waals surface area contributed by atoms with E-state index in [9.17, 15) is 5.11 Å². The highest BCUT2D eigenvalue weighted by Crippen LogP contribution is 2.29. The summed E-state index contributed by atoms with van der Waals surface area (Å²) in [7, 11) is 0. The van der Waals surface area contributed by atoms with Crippen LogP contribution in [0, 0.1) is 0 Å². The zero-order valence-corrected chi connectivity index (χ0v) is 6.88. The molecule has 1 aliphatic rings. The Labute approximate surface area is 67.9 Å². The van der Waals surface area contributed by atoms with Crippen molar-refractivity contribution in [1.82, 2.24) is 0 Å². The Bertz CT molecular complexity index is 126. The normalized spacial score (nSPS) is 21.9. The lowest BCUT2D eigenvalue weighted by Gasteiger charge is -2.20. The molecule has 64 valence electrons. The molecular formula is C9H16O2. The molecule has 1 fully saturated rings. The summed E-state index contributed by atoms with van der Waals surface area (Å²) in [6.07, 6.45) is 5.76. The summed E-state index contributed by atoms with van der Waals surface area (Å²) in [5, 5.41) is 9.76. The quantitative estimate of drug-likeness (QED) is 0.493.